The minimum Gasteiger partial charge on any atom is -0.467 e. The van der Waals surface area contributed by atoms with Gasteiger partial charge in [0.2, 0.25) is 5.95 Å². The third kappa shape index (κ3) is 3.06. The summed E-state index contributed by atoms with van der Waals surface area (Å²) in [5, 5.41) is 16.8. The Morgan fingerprint density at radius 3 is 2.80 bits per heavy atom. The van der Waals surface area contributed by atoms with Crippen molar-refractivity contribution in [3.8, 4) is 0 Å². The van der Waals surface area contributed by atoms with Gasteiger partial charge in [0.05, 0.1) is 6.26 Å². The summed E-state index contributed by atoms with van der Waals surface area (Å²) in [4.78, 5) is 4.51. The molecule has 0 radical (unpaired) electrons. The van der Waals surface area contributed by atoms with Gasteiger partial charge in [0.25, 0.3) is 0 Å². The summed E-state index contributed by atoms with van der Waals surface area (Å²) in [6.45, 7) is 0.0952. The Bertz CT molecular complexity index is 884. The summed E-state index contributed by atoms with van der Waals surface area (Å²) in [6, 6.07) is 9.73. The van der Waals surface area contributed by atoms with Gasteiger partial charge in [0.1, 0.15) is 17.6 Å². The number of aliphatic hydroxyl groups is 1. The monoisotopic (exact) mass is 340 g/mol. The van der Waals surface area contributed by atoms with Crippen molar-refractivity contribution >= 4 is 11.6 Å². The number of nitrogens with one attached hydrogen (secondary N) is 1. The van der Waals surface area contributed by atoms with Gasteiger partial charge in [-0.1, -0.05) is 0 Å². The number of aliphatic hydroxyl groups excluding tert-OH is 1. The highest BCUT2D eigenvalue weighted by Gasteiger charge is 2.26. The highest BCUT2D eigenvalue weighted by Crippen LogP contribution is 2.32. The molecule has 4 rings (SSSR count). The highest BCUT2D eigenvalue weighted by molar-refractivity contribution is 5.76. The van der Waals surface area contributed by atoms with Gasteiger partial charge in [0.15, 0.2) is 5.82 Å². The molecule has 128 valence electrons. The van der Waals surface area contributed by atoms with Crippen LogP contribution in [-0.4, -0.2) is 26.5 Å². The highest BCUT2D eigenvalue weighted by atomic mass is 19.1. The summed E-state index contributed by atoms with van der Waals surface area (Å²) in [6.07, 6.45) is 4.79. The predicted octanol–water partition coefficient (Wildman–Crippen LogP) is 2.99. The molecule has 3 aromatic rings. The van der Waals surface area contributed by atoms with Gasteiger partial charge in [-0.3, -0.25) is 0 Å². The maximum absolute atomic E-state index is 13.2. The molecular formula is C18H17FN4O2. The fraction of sp³-hybridized carbons (Fsp3) is 0.222. The second-order valence-electron chi connectivity index (χ2n) is 5.80. The van der Waals surface area contributed by atoms with Crippen molar-refractivity contribution in [2.75, 3.05) is 11.9 Å². The van der Waals surface area contributed by atoms with Crippen LogP contribution >= 0.6 is 0 Å². The molecule has 2 N–H and O–H groups in total. The van der Waals surface area contributed by atoms with Crippen molar-refractivity contribution in [2.24, 2.45) is 0 Å². The SMILES string of the molecule is OCCCc1nc2n(n1)[C@@H](c1ccco1)C=C(c1ccc(F)cc1)N2. The molecule has 6 nitrogen and oxygen atoms in total. The Balaban J connectivity index is 1.74. The first-order valence-corrected chi connectivity index (χ1v) is 8.09. The largest absolute Gasteiger partial charge is 0.467 e. The molecule has 0 amide bonds. The van der Waals surface area contributed by atoms with E-state index in [0.29, 0.717) is 24.6 Å². The second-order valence-corrected chi connectivity index (χ2v) is 5.80. The quantitative estimate of drug-likeness (QED) is 0.747. The van der Waals surface area contributed by atoms with E-state index in [1.165, 1.54) is 12.1 Å². The van der Waals surface area contributed by atoms with Gasteiger partial charge in [-0.2, -0.15) is 10.1 Å². The second kappa shape index (κ2) is 6.52. The number of hydrogen-bond acceptors (Lipinski definition) is 5. The summed E-state index contributed by atoms with van der Waals surface area (Å²) in [5.41, 5.74) is 1.67. The summed E-state index contributed by atoms with van der Waals surface area (Å²) >= 11 is 0. The van der Waals surface area contributed by atoms with Crippen LogP contribution in [0.3, 0.4) is 0 Å². The number of allylic oxidation sites excluding steroid dienone is 1. The molecule has 1 aliphatic rings. The third-order valence-electron chi connectivity index (χ3n) is 4.06. The number of hydrogen-bond donors (Lipinski definition) is 2. The molecular weight excluding hydrogens is 323 g/mol. The van der Waals surface area contributed by atoms with E-state index in [2.05, 4.69) is 15.4 Å². The molecule has 1 aliphatic heterocycles. The molecule has 0 fully saturated rings. The molecule has 1 atom stereocenters. The van der Waals surface area contributed by atoms with E-state index in [4.69, 9.17) is 9.52 Å². The van der Waals surface area contributed by atoms with Crippen LogP contribution in [0.2, 0.25) is 0 Å². The van der Waals surface area contributed by atoms with E-state index < -0.39 is 0 Å². The smallest absolute Gasteiger partial charge is 0.226 e. The fourth-order valence-electron chi connectivity index (χ4n) is 2.84. The van der Waals surface area contributed by atoms with Crippen molar-refractivity contribution in [3.05, 3.63) is 71.7 Å². The van der Waals surface area contributed by atoms with Crippen molar-refractivity contribution in [3.63, 3.8) is 0 Å². The van der Waals surface area contributed by atoms with Crippen LogP contribution in [-0.2, 0) is 6.42 Å². The molecule has 0 aliphatic carbocycles. The standard InChI is InChI=1S/C18H17FN4O2/c19-13-7-5-12(6-8-13)14-11-15(16-3-2-10-25-16)23-18(20-14)21-17(22-23)4-1-9-24/h2-3,5-8,10-11,15,24H,1,4,9H2,(H,20,21,22)/t15-/m1/s1. The number of benzene rings is 1. The average Bonchev–Trinajstić information content (AvgIpc) is 3.29. The van der Waals surface area contributed by atoms with Gasteiger partial charge in [0, 0.05) is 18.7 Å². The Morgan fingerprint density at radius 2 is 2.08 bits per heavy atom. The van der Waals surface area contributed by atoms with Gasteiger partial charge in [-0.15, -0.1) is 0 Å². The molecule has 0 spiro atoms. The number of aryl methyl sites for hydroxylation is 1. The lowest BCUT2D eigenvalue weighted by Gasteiger charge is -2.22. The Morgan fingerprint density at radius 1 is 1.24 bits per heavy atom. The molecule has 0 unspecified atom stereocenters. The van der Waals surface area contributed by atoms with Crippen LogP contribution in [0.25, 0.3) is 5.70 Å². The van der Waals surface area contributed by atoms with Gasteiger partial charge in [-0.25, -0.2) is 9.07 Å². The molecule has 25 heavy (non-hydrogen) atoms. The Hall–Kier alpha value is -2.93. The van der Waals surface area contributed by atoms with Gasteiger partial charge < -0.3 is 14.8 Å². The number of nitrogens with zero attached hydrogens (tertiary/aromatic N) is 3. The predicted molar refractivity (Wildman–Crippen MR) is 90.3 cm³/mol. The number of halogens is 1. The molecule has 1 aromatic carbocycles. The van der Waals surface area contributed by atoms with E-state index in [1.807, 2.05) is 18.2 Å². The van der Waals surface area contributed by atoms with Gasteiger partial charge in [-0.05, 0) is 54.5 Å². The van der Waals surface area contributed by atoms with E-state index in [0.717, 1.165) is 17.0 Å². The number of anilines is 1. The molecule has 0 saturated carbocycles. The molecule has 7 heteroatoms. The normalized spacial score (nSPS) is 16.2. The summed E-state index contributed by atoms with van der Waals surface area (Å²) < 4.78 is 20.5. The van der Waals surface area contributed by atoms with Crippen LogP contribution in [0, 0.1) is 5.82 Å². The molecule has 0 saturated heterocycles. The van der Waals surface area contributed by atoms with Crippen LogP contribution in [0.1, 0.15) is 29.6 Å². The molecule has 0 bridgehead atoms. The van der Waals surface area contributed by atoms with Crippen LogP contribution in [0.15, 0.2) is 53.2 Å². The first-order chi connectivity index (χ1) is 12.2. The number of aromatic nitrogens is 3. The van der Waals surface area contributed by atoms with Crippen LogP contribution in [0.4, 0.5) is 10.3 Å². The van der Waals surface area contributed by atoms with E-state index in [1.54, 1.807) is 23.1 Å². The number of furan rings is 1. The minimum absolute atomic E-state index is 0.0952. The van der Waals surface area contributed by atoms with Crippen molar-refractivity contribution in [1.29, 1.82) is 0 Å². The Labute approximate surface area is 143 Å². The average molecular weight is 340 g/mol. The fourth-order valence-corrected chi connectivity index (χ4v) is 2.84. The zero-order chi connectivity index (χ0) is 17.2. The van der Waals surface area contributed by atoms with Crippen molar-refractivity contribution in [2.45, 2.75) is 18.9 Å². The van der Waals surface area contributed by atoms with Crippen LogP contribution < -0.4 is 5.32 Å². The maximum Gasteiger partial charge on any atom is 0.226 e. The lowest BCUT2D eigenvalue weighted by Crippen LogP contribution is -2.19. The molecule has 3 heterocycles. The lowest BCUT2D eigenvalue weighted by molar-refractivity contribution is 0.287. The lowest BCUT2D eigenvalue weighted by atomic mass is 10.1. The summed E-state index contributed by atoms with van der Waals surface area (Å²) in [5.74, 6) is 1.70. The van der Waals surface area contributed by atoms with Crippen molar-refractivity contribution in [1.82, 2.24) is 14.8 Å². The number of rotatable bonds is 5. The first-order valence-electron chi connectivity index (χ1n) is 8.09. The molecule has 2 aromatic heterocycles. The first kappa shape index (κ1) is 15.6. The van der Waals surface area contributed by atoms with Gasteiger partial charge >= 0.3 is 0 Å². The van der Waals surface area contributed by atoms with E-state index in [-0.39, 0.29) is 18.5 Å². The number of fused-ring (bicyclic) bond motifs is 1. The topological polar surface area (TPSA) is 76.1 Å². The van der Waals surface area contributed by atoms with Crippen molar-refractivity contribution < 1.29 is 13.9 Å². The van der Waals surface area contributed by atoms with E-state index >= 15 is 0 Å². The summed E-state index contributed by atoms with van der Waals surface area (Å²) in [7, 11) is 0. The minimum atomic E-state index is -0.280. The zero-order valence-corrected chi connectivity index (χ0v) is 13.4. The maximum atomic E-state index is 13.2. The Kier molecular flexibility index (Phi) is 4.07. The van der Waals surface area contributed by atoms with E-state index in [9.17, 15) is 4.39 Å². The zero-order valence-electron chi connectivity index (χ0n) is 13.4. The third-order valence-corrected chi connectivity index (χ3v) is 4.06. The van der Waals surface area contributed by atoms with Crippen LogP contribution in [0.5, 0.6) is 0 Å².